The third-order valence-electron chi connectivity index (χ3n) is 4.56. The summed E-state index contributed by atoms with van der Waals surface area (Å²) in [6, 6.07) is 0. The second kappa shape index (κ2) is 13.9. The Hall–Kier alpha value is -1.23. The molecule has 0 aromatic carbocycles. The fourth-order valence-corrected chi connectivity index (χ4v) is 3.51. The molecule has 2 N–H and O–H groups in total. The van der Waals surface area contributed by atoms with Gasteiger partial charge in [-0.05, 0) is 25.2 Å². The van der Waals surface area contributed by atoms with Gasteiger partial charge in [0.2, 0.25) is 0 Å². The third-order valence-corrected chi connectivity index (χ3v) is 4.56. The first-order chi connectivity index (χ1) is 11.4. The van der Waals surface area contributed by atoms with Crippen molar-refractivity contribution in [3.8, 4) is 0 Å². The molecular formula is C20H27ClO4Ti. The third kappa shape index (κ3) is 7.98. The first-order valence-corrected chi connectivity index (χ1v) is 8.41. The van der Waals surface area contributed by atoms with Crippen molar-refractivity contribution >= 4 is 11.9 Å². The zero-order valence-corrected chi connectivity index (χ0v) is 17.6. The molecule has 0 radical (unpaired) electrons. The van der Waals surface area contributed by atoms with Crippen molar-refractivity contribution in [2.75, 3.05) is 0 Å². The zero-order chi connectivity index (χ0) is 18.1. The van der Waals surface area contributed by atoms with Crippen LogP contribution in [-0.4, -0.2) is 22.2 Å². The van der Waals surface area contributed by atoms with Crippen molar-refractivity contribution < 1.29 is 53.9 Å². The van der Waals surface area contributed by atoms with E-state index in [1.54, 1.807) is 22.3 Å². The van der Waals surface area contributed by atoms with Crippen LogP contribution < -0.4 is 12.4 Å². The van der Waals surface area contributed by atoms with Crippen LogP contribution in [0.5, 0.6) is 0 Å². The molecular weight excluding hydrogens is 388 g/mol. The van der Waals surface area contributed by atoms with Crippen molar-refractivity contribution in [3.05, 3.63) is 54.0 Å². The van der Waals surface area contributed by atoms with Gasteiger partial charge in [-0.1, -0.05) is 44.9 Å². The van der Waals surface area contributed by atoms with Gasteiger partial charge in [-0.2, -0.15) is 5.57 Å². The van der Waals surface area contributed by atoms with Gasteiger partial charge in [-0.15, -0.1) is 12.0 Å². The van der Waals surface area contributed by atoms with Crippen molar-refractivity contribution in [3.63, 3.8) is 0 Å². The van der Waals surface area contributed by atoms with Gasteiger partial charge < -0.3 is 22.6 Å². The number of halogens is 1. The number of hydrogen-bond donors (Lipinski definition) is 2. The Bertz CT molecular complexity index is 528. The summed E-state index contributed by atoms with van der Waals surface area (Å²) < 4.78 is 0. The number of hydrogen-bond acceptors (Lipinski definition) is 2. The monoisotopic (exact) mass is 414 g/mol. The molecule has 1 unspecified atom stereocenters. The largest absolute Gasteiger partial charge is 2.00 e. The van der Waals surface area contributed by atoms with Crippen LogP contribution in [-0.2, 0) is 31.3 Å². The predicted molar refractivity (Wildman–Crippen MR) is 95.5 cm³/mol. The van der Waals surface area contributed by atoms with Crippen LogP contribution in [0.3, 0.4) is 0 Å². The fourth-order valence-electron chi connectivity index (χ4n) is 3.51. The van der Waals surface area contributed by atoms with E-state index in [4.69, 9.17) is 10.2 Å². The number of rotatable bonds is 2. The van der Waals surface area contributed by atoms with Crippen LogP contribution in [0.25, 0.3) is 0 Å². The van der Waals surface area contributed by atoms with Gasteiger partial charge >= 0.3 is 33.7 Å². The average molecular weight is 415 g/mol. The molecule has 0 amide bonds. The van der Waals surface area contributed by atoms with Gasteiger partial charge in [0.25, 0.3) is 0 Å². The second-order valence-corrected chi connectivity index (χ2v) is 6.05. The summed E-state index contributed by atoms with van der Waals surface area (Å²) in [6.45, 7) is 8.34. The first kappa shape index (κ1) is 27.0. The van der Waals surface area contributed by atoms with E-state index in [0.717, 1.165) is 18.1 Å². The Kier molecular flexibility index (Phi) is 14.4. The maximum atomic E-state index is 9.25. The maximum Gasteiger partial charge on any atom is 2.00 e. The number of allylic oxidation sites excluding steroid dienone is 4. The van der Waals surface area contributed by atoms with Gasteiger partial charge in [-0.3, -0.25) is 0 Å². The molecule has 0 saturated carbocycles. The molecule has 1 atom stereocenters. The van der Waals surface area contributed by atoms with Crippen molar-refractivity contribution in [2.24, 2.45) is 5.92 Å². The molecule has 26 heavy (non-hydrogen) atoms. The minimum Gasteiger partial charge on any atom is -1.00 e. The maximum absolute atomic E-state index is 9.25. The molecule has 0 spiro atoms. The van der Waals surface area contributed by atoms with Crippen molar-refractivity contribution in [2.45, 2.75) is 51.9 Å². The molecule has 4 nitrogen and oxygen atoms in total. The Balaban J connectivity index is 0. The Morgan fingerprint density at radius 2 is 1.46 bits per heavy atom. The molecule has 0 heterocycles. The van der Waals surface area contributed by atoms with E-state index < -0.39 is 11.9 Å². The van der Waals surface area contributed by atoms with E-state index in [1.165, 1.54) is 44.9 Å². The molecule has 0 aromatic rings. The summed E-state index contributed by atoms with van der Waals surface area (Å²) in [5.41, 5.74) is 7.07. The minimum absolute atomic E-state index is 0. The molecule has 6 heteroatoms. The minimum atomic E-state index is -0.981. The van der Waals surface area contributed by atoms with Gasteiger partial charge in [0.1, 0.15) is 0 Å². The van der Waals surface area contributed by atoms with Gasteiger partial charge in [0.15, 0.2) is 0 Å². The Morgan fingerprint density at radius 1 is 1.00 bits per heavy atom. The van der Waals surface area contributed by atoms with Crippen LogP contribution in [0.4, 0.5) is 0 Å². The first-order valence-electron chi connectivity index (χ1n) is 8.41. The SMILES string of the molecule is C=CC(=O)O.C=CC(=O)O.CC1C2=C(CCC[CH-]2)C2=C1CCCC2.[Cl-].[Ti+2]. The number of fused-ring (bicyclic) bond motifs is 1. The average Bonchev–Trinajstić information content (AvgIpc) is 2.89. The number of carbonyl (C=O) groups is 2. The smallest absolute Gasteiger partial charge is 1.00 e. The second-order valence-electron chi connectivity index (χ2n) is 6.05. The van der Waals surface area contributed by atoms with E-state index in [0.29, 0.717) is 0 Å². The summed E-state index contributed by atoms with van der Waals surface area (Å²) in [6.07, 6.45) is 13.9. The summed E-state index contributed by atoms with van der Waals surface area (Å²) >= 11 is 0. The number of aliphatic carboxylic acids is 2. The van der Waals surface area contributed by atoms with Gasteiger partial charge in [-0.25, -0.2) is 21.6 Å². The van der Waals surface area contributed by atoms with Crippen LogP contribution in [0.15, 0.2) is 47.6 Å². The van der Waals surface area contributed by atoms with Gasteiger partial charge in [0.05, 0.1) is 0 Å². The summed E-state index contributed by atoms with van der Waals surface area (Å²) in [5.74, 6) is -1.18. The van der Waals surface area contributed by atoms with Crippen LogP contribution >= 0.6 is 0 Å². The molecule has 142 valence electrons. The van der Waals surface area contributed by atoms with Crippen LogP contribution in [0, 0.1) is 12.3 Å². The van der Waals surface area contributed by atoms with E-state index in [9.17, 15) is 9.59 Å². The van der Waals surface area contributed by atoms with E-state index >= 15 is 0 Å². The van der Waals surface area contributed by atoms with Crippen molar-refractivity contribution in [1.82, 2.24) is 0 Å². The summed E-state index contributed by atoms with van der Waals surface area (Å²) in [7, 11) is 0. The molecule has 0 aromatic heterocycles. The van der Waals surface area contributed by atoms with Crippen LogP contribution in [0.1, 0.15) is 51.9 Å². The molecule has 3 rings (SSSR count). The summed E-state index contributed by atoms with van der Waals surface area (Å²) in [4.78, 5) is 18.5. The Morgan fingerprint density at radius 3 is 1.96 bits per heavy atom. The molecule has 0 bridgehead atoms. The Labute approximate surface area is 177 Å². The topological polar surface area (TPSA) is 74.6 Å². The normalized spacial score (nSPS) is 19.3. The van der Waals surface area contributed by atoms with E-state index in [-0.39, 0.29) is 34.1 Å². The summed E-state index contributed by atoms with van der Waals surface area (Å²) in [5, 5.41) is 15.2. The quantitative estimate of drug-likeness (QED) is 0.410. The zero-order valence-electron chi connectivity index (χ0n) is 15.3. The van der Waals surface area contributed by atoms with E-state index in [1.807, 2.05) is 0 Å². The van der Waals surface area contributed by atoms with E-state index in [2.05, 4.69) is 26.5 Å². The standard InChI is InChI=1S/C14H19.2C3H4O2.ClH.Ti/c1-10-11-6-2-4-8-13(11)14-9-5-3-7-12(10)14;2*1-2-3(4)5;;/h6,10H,2-5,7-9H2,1H3;2*2H,1H2,(H,4,5);1H;/q-1;;;;+2/p-1. The van der Waals surface area contributed by atoms with Gasteiger partial charge in [0, 0.05) is 12.2 Å². The molecule has 0 aliphatic heterocycles. The van der Waals surface area contributed by atoms with Crippen LogP contribution in [0.2, 0.25) is 0 Å². The molecule has 0 saturated heterocycles. The molecule has 3 aliphatic carbocycles. The number of carboxylic acid groups (broad SMARTS) is 2. The molecule has 3 aliphatic rings. The number of carboxylic acids is 2. The fraction of sp³-hybridized carbons (Fsp3) is 0.450. The predicted octanol–water partition coefficient (Wildman–Crippen LogP) is 1.71. The van der Waals surface area contributed by atoms with Crippen molar-refractivity contribution in [1.29, 1.82) is 0 Å². The molecule has 0 fully saturated rings.